The number of amides is 4. The molecule has 1 aromatic rings. The third-order valence-electron chi connectivity index (χ3n) is 4.42. The molecule has 32 heavy (non-hydrogen) atoms. The lowest BCUT2D eigenvalue weighted by Gasteiger charge is -2.23. The highest BCUT2D eigenvalue weighted by Gasteiger charge is 2.28. The Morgan fingerprint density at radius 1 is 0.969 bits per heavy atom. The molecule has 0 aliphatic heterocycles. The molecule has 3 atom stereocenters. The van der Waals surface area contributed by atoms with Crippen molar-refractivity contribution in [3.8, 4) is 0 Å². The second kappa shape index (κ2) is 12.8. The molecule has 0 saturated carbocycles. The van der Waals surface area contributed by atoms with E-state index in [2.05, 4.69) is 16.0 Å². The second-order valence-electron chi connectivity index (χ2n) is 8.10. The molecule has 176 valence electrons. The van der Waals surface area contributed by atoms with Crippen LogP contribution in [0.15, 0.2) is 24.3 Å². The Bertz CT molecular complexity index is 858. The average molecular weight is 467 g/mol. The summed E-state index contributed by atoms with van der Waals surface area (Å²) < 4.78 is 0. The summed E-state index contributed by atoms with van der Waals surface area (Å²) in [6.45, 7) is 6.50. The molecule has 0 saturated heterocycles. The lowest BCUT2D eigenvalue weighted by molar-refractivity contribution is -0.132. The molecule has 0 aliphatic rings. The van der Waals surface area contributed by atoms with Gasteiger partial charge in [-0.25, -0.2) is 0 Å². The minimum absolute atomic E-state index is 0.0706. The summed E-state index contributed by atoms with van der Waals surface area (Å²) in [7, 11) is 0. The van der Waals surface area contributed by atoms with Crippen LogP contribution in [0.25, 0.3) is 0 Å². The van der Waals surface area contributed by atoms with E-state index in [1.807, 2.05) is 13.8 Å². The molecular weight excluding hydrogens is 436 g/mol. The number of alkyl halides is 1. The van der Waals surface area contributed by atoms with E-state index in [9.17, 15) is 24.0 Å². The van der Waals surface area contributed by atoms with Gasteiger partial charge in [0.25, 0.3) is 0 Å². The molecule has 10 heteroatoms. The number of nitrogens with two attached hydrogens (primary N) is 1. The first-order valence-electron chi connectivity index (χ1n) is 10.3. The predicted octanol–water partition coefficient (Wildman–Crippen LogP) is 1.80. The molecule has 0 spiro atoms. The number of halogens is 1. The topological polar surface area (TPSA) is 147 Å². The van der Waals surface area contributed by atoms with E-state index in [0.717, 1.165) is 0 Å². The van der Waals surface area contributed by atoms with Crippen LogP contribution in [-0.4, -0.2) is 41.5 Å². The molecule has 0 heterocycles. The van der Waals surface area contributed by atoms with Crippen molar-refractivity contribution in [2.24, 2.45) is 11.7 Å². The van der Waals surface area contributed by atoms with Crippen LogP contribution in [0.1, 0.15) is 57.9 Å². The van der Waals surface area contributed by atoms with E-state index in [4.69, 9.17) is 17.3 Å². The Hall–Kier alpha value is -2.94. The summed E-state index contributed by atoms with van der Waals surface area (Å²) in [5.74, 6) is -2.38. The minimum atomic E-state index is -1.24. The molecule has 4 amide bonds. The van der Waals surface area contributed by atoms with Crippen LogP contribution in [0.4, 0.5) is 5.69 Å². The highest BCUT2D eigenvalue weighted by molar-refractivity contribution is 6.22. The zero-order valence-corrected chi connectivity index (χ0v) is 19.5. The average Bonchev–Trinajstić information content (AvgIpc) is 2.65. The van der Waals surface area contributed by atoms with Crippen molar-refractivity contribution >= 4 is 46.7 Å². The molecule has 0 fully saturated rings. The van der Waals surface area contributed by atoms with Gasteiger partial charge in [-0.05, 0) is 37.0 Å². The first-order valence-corrected chi connectivity index (χ1v) is 10.7. The number of benzene rings is 1. The van der Waals surface area contributed by atoms with Crippen LogP contribution in [-0.2, 0) is 24.0 Å². The summed E-state index contributed by atoms with van der Waals surface area (Å²) in [4.78, 5) is 59.8. The molecule has 1 unspecified atom stereocenters. The summed E-state index contributed by atoms with van der Waals surface area (Å²) in [5, 5.41) is 7.13. The number of hydrogen-bond donors (Lipinski definition) is 4. The predicted molar refractivity (Wildman–Crippen MR) is 122 cm³/mol. The van der Waals surface area contributed by atoms with Gasteiger partial charge < -0.3 is 21.7 Å². The van der Waals surface area contributed by atoms with Crippen molar-refractivity contribution in [3.63, 3.8) is 0 Å². The number of rotatable bonds is 12. The fourth-order valence-corrected chi connectivity index (χ4v) is 3.39. The molecular formula is C22H31ClN4O5. The summed E-state index contributed by atoms with van der Waals surface area (Å²) in [5.41, 5.74) is 6.28. The van der Waals surface area contributed by atoms with Gasteiger partial charge >= 0.3 is 0 Å². The highest BCUT2D eigenvalue weighted by atomic mass is 35.5. The van der Waals surface area contributed by atoms with Gasteiger partial charge in [0.05, 0.1) is 11.8 Å². The quantitative estimate of drug-likeness (QED) is 0.347. The summed E-state index contributed by atoms with van der Waals surface area (Å²) in [6, 6.07) is 4.51. The van der Waals surface area contributed by atoms with E-state index in [1.165, 1.54) is 13.8 Å². The number of hydrogen-bond acceptors (Lipinski definition) is 5. The maximum atomic E-state index is 12.8. The van der Waals surface area contributed by atoms with Gasteiger partial charge in [0.1, 0.15) is 17.9 Å². The Kier molecular flexibility index (Phi) is 10.8. The number of carbonyl (C=O) groups excluding carboxylic acids is 5. The Morgan fingerprint density at radius 3 is 2.16 bits per heavy atom. The van der Waals surface area contributed by atoms with Crippen LogP contribution < -0.4 is 21.7 Å². The van der Waals surface area contributed by atoms with Gasteiger partial charge in [-0.15, -0.1) is 11.6 Å². The number of Topliss-reactive ketones (excluding diaryl/α,β-unsaturated/α-hetero) is 1. The largest absolute Gasteiger partial charge is 0.370 e. The Labute approximate surface area is 192 Å². The zero-order chi connectivity index (χ0) is 24.4. The van der Waals surface area contributed by atoms with Crippen molar-refractivity contribution in [1.29, 1.82) is 0 Å². The van der Waals surface area contributed by atoms with Crippen molar-refractivity contribution in [3.05, 3.63) is 29.8 Å². The molecule has 5 N–H and O–H groups in total. The summed E-state index contributed by atoms with van der Waals surface area (Å²) in [6.07, 6.45) is 0.0690. The van der Waals surface area contributed by atoms with E-state index in [1.54, 1.807) is 24.3 Å². The number of carbonyl (C=O) groups is 5. The highest BCUT2D eigenvalue weighted by Crippen LogP contribution is 2.26. The van der Waals surface area contributed by atoms with Crippen molar-refractivity contribution in [2.45, 2.75) is 64.4 Å². The normalized spacial score (nSPS) is 13.6. The van der Waals surface area contributed by atoms with Crippen molar-refractivity contribution in [2.75, 3.05) is 5.32 Å². The molecule has 0 aromatic heterocycles. The number of nitrogens with one attached hydrogen (secondary N) is 3. The van der Waals surface area contributed by atoms with E-state index >= 15 is 0 Å². The number of primary amides is 1. The van der Waals surface area contributed by atoms with Gasteiger partial charge in [-0.2, -0.15) is 0 Å². The first-order chi connectivity index (χ1) is 14.9. The van der Waals surface area contributed by atoms with Gasteiger partial charge in [0.2, 0.25) is 23.6 Å². The third-order valence-corrected chi connectivity index (χ3v) is 4.83. The van der Waals surface area contributed by atoms with Gasteiger partial charge in [-0.3, -0.25) is 24.0 Å². The minimum Gasteiger partial charge on any atom is -0.370 e. The molecule has 9 nitrogen and oxygen atoms in total. The molecule has 1 aromatic carbocycles. The molecule has 0 radical (unpaired) electrons. The van der Waals surface area contributed by atoms with Crippen LogP contribution in [0, 0.1) is 5.92 Å². The SMILES string of the molecule is CC(=O)CC(Cl)c1cccc(NC(=O)[C@H](CC(N)=O)NC(=O)[C@H](CC(C)C)NC(C)=O)c1. The first kappa shape index (κ1) is 27.1. The van der Waals surface area contributed by atoms with Crippen LogP contribution in [0.5, 0.6) is 0 Å². The summed E-state index contributed by atoms with van der Waals surface area (Å²) >= 11 is 6.24. The van der Waals surface area contributed by atoms with Gasteiger partial charge in [-0.1, -0.05) is 26.0 Å². The standard InChI is InChI=1S/C22H31ClN4O5/c1-12(2)8-18(25-14(4)29)22(32)27-19(11-20(24)30)21(31)26-16-7-5-6-15(10-16)17(23)9-13(3)28/h5-7,10,12,17-19H,8-9,11H2,1-4H3,(H2,24,30)(H,25,29)(H,26,31)(H,27,32)/t17?,18-,19-/m0/s1. The van der Waals surface area contributed by atoms with E-state index < -0.39 is 41.6 Å². The fraction of sp³-hybridized carbons (Fsp3) is 0.500. The Morgan fingerprint density at radius 2 is 1.62 bits per heavy atom. The van der Waals surface area contributed by atoms with Crippen LogP contribution >= 0.6 is 11.6 Å². The molecule has 0 aliphatic carbocycles. The second-order valence-corrected chi connectivity index (χ2v) is 8.63. The van der Waals surface area contributed by atoms with Crippen molar-refractivity contribution < 1.29 is 24.0 Å². The lowest BCUT2D eigenvalue weighted by atomic mass is 10.0. The number of anilines is 1. The van der Waals surface area contributed by atoms with Crippen LogP contribution in [0.3, 0.4) is 0 Å². The van der Waals surface area contributed by atoms with Crippen LogP contribution in [0.2, 0.25) is 0 Å². The monoisotopic (exact) mass is 466 g/mol. The molecule has 1 rings (SSSR count). The maximum absolute atomic E-state index is 12.8. The fourth-order valence-electron chi connectivity index (χ4n) is 3.04. The van der Waals surface area contributed by atoms with E-state index in [0.29, 0.717) is 17.7 Å². The molecule has 0 bridgehead atoms. The zero-order valence-electron chi connectivity index (χ0n) is 18.7. The number of ketones is 1. The smallest absolute Gasteiger partial charge is 0.247 e. The van der Waals surface area contributed by atoms with E-state index in [-0.39, 0.29) is 24.0 Å². The Balaban J connectivity index is 2.98. The third kappa shape index (κ3) is 9.91. The van der Waals surface area contributed by atoms with Gasteiger partial charge in [0, 0.05) is 19.0 Å². The lowest BCUT2D eigenvalue weighted by Crippen LogP contribution is -2.53. The van der Waals surface area contributed by atoms with Gasteiger partial charge in [0.15, 0.2) is 0 Å². The maximum Gasteiger partial charge on any atom is 0.247 e. The van der Waals surface area contributed by atoms with Crippen molar-refractivity contribution in [1.82, 2.24) is 10.6 Å².